The Hall–Kier alpha value is -4.28. The van der Waals surface area contributed by atoms with Gasteiger partial charge in [-0.2, -0.15) is 23.3 Å². The van der Waals surface area contributed by atoms with Gasteiger partial charge in [-0.25, -0.2) is 9.67 Å². The van der Waals surface area contributed by atoms with Gasteiger partial charge in [0.1, 0.15) is 11.3 Å². The van der Waals surface area contributed by atoms with Gasteiger partial charge in [-0.3, -0.25) is 9.78 Å². The number of hydrogen-bond donors (Lipinski definition) is 2. The number of pyridine rings is 1. The molecule has 32 heavy (non-hydrogen) atoms. The summed E-state index contributed by atoms with van der Waals surface area (Å²) in [4.78, 5) is 24.2. The molecule has 4 aromatic rings. The van der Waals surface area contributed by atoms with Gasteiger partial charge in [-0.15, -0.1) is 0 Å². The maximum atomic E-state index is 12.9. The Kier molecular flexibility index (Phi) is 5.54. The Morgan fingerprint density at radius 1 is 1.00 bits per heavy atom. The van der Waals surface area contributed by atoms with E-state index in [1.807, 2.05) is 0 Å². The van der Waals surface area contributed by atoms with Crippen molar-refractivity contribution in [2.24, 2.45) is 0 Å². The summed E-state index contributed by atoms with van der Waals surface area (Å²) in [5.41, 5.74) is -0.316. The molecule has 0 spiro atoms. The first-order chi connectivity index (χ1) is 15.3. The third-order valence-electron chi connectivity index (χ3n) is 4.53. The minimum atomic E-state index is -4.58. The molecular weight excluding hydrogens is 425 g/mol. The van der Waals surface area contributed by atoms with Crippen molar-refractivity contribution in [2.45, 2.75) is 12.2 Å². The Morgan fingerprint density at radius 3 is 2.38 bits per heavy atom. The van der Waals surface area contributed by atoms with E-state index in [9.17, 15) is 23.1 Å². The van der Waals surface area contributed by atoms with Crippen LogP contribution in [0, 0.1) is 0 Å². The minimum Gasteiger partial charge on any atom is -0.493 e. The van der Waals surface area contributed by atoms with Gasteiger partial charge in [-0.1, -0.05) is 36.4 Å². The summed E-state index contributed by atoms with van der Waals surface area (Å²) in [6.45, 7) is 0. The van der Waals surface area contributed by atoms with Crippen LogP contribution in [0.1, 0.15) is 33.2 Å². The fourth-order valence-corrected chi connectivity index (χ4v) is 2.98. The van der Waals surface area contributed by atoms with Gasteiger partial charge in [0.25, 0.3) is 11.9 Å². The molecule has 0 fully saturated rings. The molecule has 3 aromatic heterocycles. The Labute approximate surface area is 179 Å². The second-order valence-electron chi connectivity index (χ2n) is 6.65. The van der Waals surface area contributed by atoms with Gasteiger partial charge in [-0.05, 0) is 23.3 Å². The molecule has 1 aromatic carbocycles. The topological polar surface area (TPSA) is 106 Å². The quantitative estimate of drug-likeness (QED) is 0.493. The normalized spacial score (nSPS) is 12.3. The zero-order valence-electron chi connectivity index (χ0n) is 16.2. The van der Waals surface area contributed by atoms with E-state index in [4.69, 9.17) is 0 Å². The molecule has 0 saturated heterocycles. The average molecular weight is 440 g/mol. The van der Waals surface area contributed by atoms with Gasteiger partial charge >= 0.3 is 6.18 Å². The molecule has 1 atom stereocenters. The van der Waals surface area contributed by atoms with Gasteiger partial charge in [0.15, 0.2) is 0 Å². The van der Waals surface area contributed by atoms with Crippen LogP contribution >= 0.6 is 0 Å². The van der Waals surface area contributed by atoms with Crippen LogP contribution in [0.15, 0.2) is 73.3 Å². The minimum absolute atomic E-state index is 0.0654. The maximum Gasteiger partial charge on any atom is 0.433 e. The molecular formula is C21H15F3N6O2. The number of benzene rings is 1. The smallest absolute Gasteiger partial charge is 0.433 e. The van der Waals surface area contributed by atoms with Crippen molar-refractivity contribution >= 4 is 5.91 Å². The fourth-order valence-electron chi connectivity index (χ4n) is 2.98. The highest BCUT2D eigenvalue weighted by Crippen LogP contribution is 2.29. The van der Waals surface area contributed by atoms with Crippen LogP contribution in [-0.2, 0) is 6.18 Å². The number of halogens is 3. The second-order valence-corrected chi connectivity index (χ2v) is 6.65. The van der Waals surface area contributed by atoms with Crippen LogP contribution < -0.4 is 5.32 Å². The molecule has 2 N–H and O–H groups in total. The zero-order chi connectivity index (χ0) is 22.7. The second kappa shape index (κ2) is 8.46. The molecule has 0 aliphatic carbocycles. The predicted octanol–water partition coefficient (Wildman–Crippen LogP) is 3.30. The van der Waals surface area contributed by atoms with Crippen molar-refractivity contribution in [1.82, 2.24) is 30.0 Å². The molecule has 0 unspecified atom stereocenters. The summed E-state index contributed by atoms with van der Waals surface area (Å²) in [5.74, 6) is -1.22. The van der Waals surface area contributed by atoms with E-state index < -0.39 is 29.7 Å². The van der Waals surface area contributed by atoms with E-state index in [1.54, 1.807) is 42.6 Å². The molecule has 3 heterocycles. The number of carbonyl (C=O) groups excluding carboxylic acids is 1. The molecule has 4 rings (SSSR count). The van der Waals surface area contributed by atoms with E-state index in [2.05, 4.69) is 25.4 Å². The van der Waals surface area contributed by atoms with Crippen molar-refractivity contribution in [3.8, 4) is 11.8 Å². The van der Waals surface area contributed by atoms with Crippen LogP contribution in [0.4, 0.5) is 13.2 Å². The molecule has 1 amide bonds. The highest BCUT2D eigenvalue weighted by Gasteiger charge is 2.32. The van der Waals surface area contributed by atoms with E-state index in [0.717, 1.165) is 18.5 Å². The van der Waals surface area contributed by atoms with Crippen molar-refractivity contribution in [3.63, 3.8) is 0 Å². The number of nitrogens with one attached hydrogen (secondary N) is 1. The van der Waals surface area contributed by atoms with E-state index in [-0.39, 0.29) is 11.5 Å². The predicted molar refractivity (Wildman–Crippen MR) is 106 cm³/mol. The number of hydrogen-bond acceptors (Lipinski definition) is 6. The standard InChI is InChI=1S/C21H15F3N6O2/c22-21(23,24)16-8-7-14(11-25-16)17(13-5-2-1-3-6-13)28-18(31)15-12-26-20(29-19(15)32)30-10-4-9-27-30/h1-12,17H,(H,28,31)(H,26,29,32)/t17-/m1/s1. The molecule has 8 nitrogen and oxygen atoms in total. The summed E-state index contributed by atoms with van der Waals surface area (Å²) in [6, 6.07) is 11.5. The number of aromatic hydroxyl groups is 1. The third kappa shape index (κ3) is 4.41. The monoisotopic (exact) mass is 440 g/mol. The van der Waals surface area contributed by atoms with Crippen LogP contribution in [-0.4, -0.2) is 35.7 Å². The number of aromatic nitrogens is 5. The SMILES string of the molecule is O=C(N[C@H](c1ccccc1)c1ccc(C(F)(F)F)nc1)c1cnc(-n2cccn2)nc1O. The van der Waals surface area contributed by atoms with Crippen LogP contribution in [0.25, 0.3) is 5.95 Å². The summed E-state index contributed by atoms with van der Waals surface area (Å²) in [7, 11) is 0. The van der Waals surface area contributed by atoms with E-state index >= 15 is 0 Å². The lowest BCUT2D eigenvalue weighted by atomic mass is 9.99. The van der Waals surface area contributed by atoms with Crippen molar-refractivity contribution < 1.29 is 23.1 Å². The Balaban J connectivity index is 1.64. The van der Waals surface area contributed by atoms with E-state index in [1.165, 1.54) is 16.9 Å². The molecule has 0 saturated carbocycles. The lowest BCUT2D eigenvalue weighted by molar-refractivity contribution is -0.141. The van der Waals surface area contributed by atoms with Crippen LogP contribution in [0.3, 0.4) is 0 Å². The Bertz CT molecular complexity index is 1210. The summed E-state index contributed by atoms with van der Waals surface area (Å²) >= 11 is 0. The first kappa shape index (κ1) is 21.0. The van der Waals surface area contributed by atoms with Crippen molar-refractivity contribution in [1.29, 1.82) is 0 Å². The number of nitrogens with zero attached hydrogens (tertiary/aromatic N) is 5. The van der Waals surface area contributed by atoms with Crippen LogP contribution in [0.5, 0.6) is 5.88 Å². The highest BCUT2D eigenvalue weighted by atomic mass is 19.4. The van der Waals surface area contributed by atoms with Crippen molar-refractivity contribution in [3.05, 3.63) is 95.7 Å². The molecule has 0 aliphatic rings. The van der Waals surface area contributed by atoms with Gasteiger partial charge < -0.3 is 10.4 Å². The third-order valence-corrected chi connectivity index (χ3v) is 4.53. The first-order valence-electron chi connectivity index (χ1n) is 9.28. The lowest BCUT2D eigenvalue weighted by Gasteiger charge is -2.20. The average Bonchev–Trinajstić information content (AvgIpc) is 3.32. The fraction of sp³-hybridized carbons (Fsp3) is 0.0952. The summed E-state index contributed by atoms with van der Waals surface area (Å²) in [5, 5.41) is 16.9. The highest BCUT2D eigenvalue weighted by molar-refractivity contribution is 5.96. The van der Waals surface area contributed by atoms with Gasteiger partial charge in [0.2, 0.25) is 5.88 Å². The summed E-state index contributed by atoms with van der Waals surface area (Å²) < 4.78 is 39.9. The van der Waals surface area contributed by atoms with Crippen LogP contribution in [0.2, 0.25) is 0 Å². The van der Waals surface area contributed by atoms with Crippen molar-refractivity contribution in [2.75, 3.05) is 0 Å². The molecule has 0 radical (unpaired) electrons. The van der Waals surface area contributed by atoms with E-state index in [0.29, 0.717) is 11.1 Å². The Morgan fingerprint density at radius 2 is 1.78 bits per heavy atom. The van der Waals surface area contributed by atoms with Gasteiger partial charge in [0, 0.05) is 24.8 Å². The zero-order valence-corrected chi connectivity index (χ0v) is 16.2. The number of carbonyl (C=O) groups is 1. The number of rotatable bonds is 5. The number of amides is 1. The first-order valence-corrected chi connectivity index (χ1v) is 9.28. The summed E-state index contributed by atoms with van der Waals surface area (Å²) in [6.07, 6.45) is 0.685. The molecule has 11 heteroatoms. The maximum absolute atomic E-state index is 12.9. The largest absolute Gasteiger partial charge is 0.493 e. The molecule has 0 aliphatic heterocycles. The molecule has 0 bridgehead atoms. The lowest BCUT2D eigenvalue weighted by Crippen LogP contribution is -2.30. The molecule has 162 valence electrons. The van der Waals surface area contributed by atoms with Gasteiger partial charge in [0.05, 0.1) is 6.04 Å². The number of alkyl halides is 3.